The SMILES string of the molecule is OC(CCOCCCCOc1c(Cl)cc(OCC=C(Cl)Cl)cc1Cl)C(Cl)(Cl)C(F)(F)F. The Bertz CT molecular complexity index is 704. The van der Waals surface area contributed by atoms with E-state index in [0.29, 0.717) is 24.3 Å². The first-order chi connectivity index (χ1) is 14.4. The molecule has 0 radical (unpaired) electrons. The Morgan fingerprint density at radius 2 is 1.58 bits per heavy atom. The van der Waals surface area contributed by atoms with Crippen molar-refractivity contribution in [3.05, 3.63) is 32.7 Å². The molecule has 0 fully saturated rings. The molecule has 178 valence electrons. The van der Waals surface area contributed by atoms with E-state index in [9.17, 15) is 18.3 Å². The number of unbranched alkanes of at least 4 members (excludes halogenated alkanes) is 1. The van der Waals surface area contributed by atoms with E-state index in [0.717, 1.165) is 0 Å². The summed E-state index contributed by atoms with van der Waals surface area (Å²) in [5.41, 5.74) is 0. The van der Waals surface area contributed by atoms with Gasteiger partial charge in [0, 0.05) is 25.3 Å². The van der Waals surface area contributed by atoms with Gasteiger partial charge in [-0.1, -0.05) is 69.6 Å². The quantitative estimate of drug-likeness (QED) is 0.200. The van der Waals surface area contributed by atoms with E-state index in [4.69, 9.17) is 83.8 Å². The van der Waals surface area contributed by atoms with Gasteiger partial charge >= 0.3 is 6.18 Å². The lowest BCUT2D eigenvalue weighted by molar-refractivity contribution is -0.163. The van der Waals surface area contributed by atoms with Crippen LogP contribution in [-0.4, -0.2) is 48.1 Å². The summed E-state index contributed by atoms with van der Waals surface area (Å²) in [4.78, 5) is 0. The molecule has 13 heteroatoms. The van der Waals surface area contributed by atoms with Crippen LogP contribution in [0.5, 0.6) is 11.5 Å². The zero-order valence-electron chi connectivity index (χ0n) is 15.8. The maximum absolute atomic E-state index is 12.6. The standard InChI is InChI=1S/C18H19Cl6F3O4/c19-12-9-11(30-8-4-15(21)22)10-13(20)16(12)31-6-2-1-5-29-7-3-14(28)17(23,24)18(25,26)27/h4,9-10,14,28H,1-3,5-8H2. The molecule has 0 aliphatic rings. The highest BCUT2D eigenvalue weighted by molar-refractivity contribution is 6.55. The van der Waals surface area contributed by atoms with E-state index in [1.165, 1.54) is 18.2 Å². The van der Waals surface area contributed by atoms with Crippen LogP contribution in [0.1, 0.15) is 19.3 Å². The van der Waals surface area contributed by atoms with Crippen molar-refractivity contribution >= 4 is 69.6 Å². The minimum absolute atomic E-state index is 0.0739. The second kappa shape index (κ2) is 13.7. The molecule has 1 atom stereocenters. The lowest BCUT2D eigenvalue weighted by Gasteiger charge is -2.27. The second-order valence-corrected chi connectivity index (χ2v) is 9.32. The van der Waals surface area contributed by atoms with Crippen LogP contribution in [0.25, 0.3) is 0 Å². The molecule has 1 N–H and O–H groups in total. The van der Waals surface area contributed by atoms with E-state index in [1.807, 2.05) is 0 Å². The lowest BCUT2D eigenvalue weighted by atomic mass is 10.2. The molecule has 4 nitrogen and oxygen atoms in total. The molecular formula is C18H19Cl6F3O4. The Kier molecular flexibility index (Phi) is 12.8. The Balaban J connectivity index is 2.29. The van der Waals surface area contributed by atoms with Gasteiger partial charge in [-0.2, -0.15) is 13.2 Å². The number of ether oxygens (including phenoxy) is 3. The van der Waals surface area contributed by atoms with Crippen molar-refractivity contribution in [2.24, 2.45) is 0 Å². The van der Waals surface area contributed by atoms with Crippen molar-refractivity contribution < 1.29 is 32.5 Å². The molecule has 1 unspecified atom stereocenters. The van der Waals surface area contributed by atoms with Crippen molar-refractivity contribution in [1.82, 2.24) is 0 Å². The van der Waals surface area contributed by atoms with Crippen molar-refractivity contribution in [2.45, 2.75) is 35.9 Å². The zero-order valence-corrected chi connectivity index (χ0v) is 20.4. The minimum Gasteiger partial charge on any atom is -0.490 e. The predicted molar refractivity (Wildman–Crippen MR) is 118 cm³/mol. The fourth-order valence-electron chi connectivity index (χ4n) is 2.11. The van der Waals surface area contributed by atoms with Gasteiger partial charge in [-0.05, 0) is 25.3 Å². The Morgan fingerprint density at radius 3 is 2.13 bits per heavy atom. The van der Waals surface area contributed by atoms with Crippen LogP contribution in [-0.2, 0) is 4.74 Å². The van der Waals surface area contributed by atoms with Gasteiger partial charge in [-0.15, -0.1) is 0 Å². The van der Waals surface area contributed by atoms with Crippen molar-refractivity contribution in [3.63, 3.8) is 0 Å². The summed E-state index contributed by atoms with van der Waals surface area (Å²) in [5.74, 6) is 0.700. The highest BCUT2D eigenvalue weighted by Crippen LogP contribution is 2.43. The lowest BCUT2D eigenvalue weighted by Crippen LogP contribution is -2.45. The average Bonchev–Trinajstić information content (AvgIpc) is 2.64. The molecule has 0 aliphatic carbocycles. The first kappa shape index (κ1) is 29.0. The number of hydrogen-bond donors (Lipinski definition) is 1. The smallest absolute Gasteiger partial charge is 0.424 e. The van der Waals surface area contributed by atoms with Crippen molar-refractivity contribution in [2.75, 3.05) is 26.4 Å². The van der Waals surface area contributed by atoms with Crippen LogP contribution < -0.4 is 9.47 Å². The van der Waals surface area contributed by atoms with Crippen LogP contribution in [0.2, 0.25) is 10.0 Å². The molecule has 1 aromatic carbocycles. The van der Waals surface area contributed by atoms with E-state index < -0.39 is 16.6 Å². The number of hydrogen-bond acceptors (Lipinski definition) is 4. The Hall–Kier alpha value is 0.01000. The van der Waals surface area contributed by atoms with Crippen LogP contribution in [0.15, 0.2) is 22.7 Å². The molecule has 0 heterocycles. The normalized spacial score (nSPS) is 13.1. The van der Waals surface area contributed by atoms with Gasteiger partial charge in [0.2, 0.25) is 4.33 Å². The van der Waals surface area contributed by atoms with Crippen LogP contribution in [0.3, 0.4) is 0 Å². The third-order valence-corrected chi connectivity index (χ3v) is 5.52. The van der Waals surface area contributed by atoms with Crippen LogP contribution in [0.4, 0.5) is 13.2 Å². The summed E-state index contributed by atoms with van der Waals surface area (Å²) in [6.07, 6.45) is -4.76. The van der Waals surface area contributed by atoms with Crippen LogP contribution >= 0.6 is 69.6 Å². The van der Waals surface area contributed by atoms with E-state index in [1.54, 1.807) is 0 Å². The fourth-order valence-corrected chi connectivity index (χ4v) is 3.03. The van der Waals surface area contributed by atoms with Crippen molar-refractivity contribution in [1.29, 1.82) is 0 Å². The predicted octanol–water partition coefficient (Wildman–Crippen LogP) is 7.35. The third-order valence-electron chi connectivity index (χ3n) is 3.72. The number of alkyl halides is 5. The summed E-state index contributed by atoms with van der Waals surface area (Å²) in [6, 6.07) is 3.06. The maximum atomic E-state index is 12.6. The van der Waals surface area contributed by atoms with Gasteiger partial charge in [-0.25, -0.2) is 0 Å². The summed E-state index contributed by atoms with van der Waals surface area (Å²) in [5, 5.41) is 10.00. The van der Waals surface area contributed by atoms with Gasteiger partial charge in [0.05, 0.1) is 22.8 Å². The van der Waals surface area contributed by atoms with E-state index >= 15 is 0 Å². The summed E-state index contributed by atoms with van der Waals surface area (Å²) < 4.78 is 50.7. The Labute approximate surface area is 208 Å². The van der Waals surface area contributed by atoms with Gasteiger partial charge < -0.3 is 19.3 Å². The molecule has 0 saturated carbocycles. The average molecular weight is 569 g/mol. The second-order valence-electron chi connectivity index (χ2n) is 6.11. The topological polar surface area (TPSA) is 47.9 Å². The van der Waals surface area contributed by atoms with Gasteiger partial charge in [0.25, 0.3) is 0 Å². The molecule has 0 bridgehead atoms. The number of rotatable bonds is 13. The van der Waals surface area contributed by atoms with Gasteiger partial charge in [-0.3, -0.25) is 0 Å². The molecule has 31 heavy (non-hydrogen) atoms. The molecule has 1 rings (SSSR count). The minimum atomic E-state index is -4.95. The molecule has 1 aromatic rings. The highest BCUT2D eigenvalue weighted by Gasteiger charge is 2.57. The summed E-state index contributed by atoms with van der Waals surface area (Å²) in [7, 11) is 0. The molecule has 0 saturated heterocycles. The molecule has 0 spiro atoms. The molecule has 0 amide bonds. The Morgan fingerprint density at radius 1 is 1.00 bits per heavy atom. The molecular weight excluding hydrogens is 550 g/mol. The monoisotopic (exact) mass is 566 g/mol. The van der Waals surface area contributed by atoms with E-state index in [-0.39, 0.29) is 47.4 Å². The van der Waals surface area contributed by atoms with Crippen LogP contribution in [0, 0.1) is 0 Å². The first-order valence-electron chi connectivity index (χ1n) is 8.82. The summed E-state index contributed by atoms with van der Waals surface area (Å²) in [6.45, 7) is 0.517. The number of aliphatic hydroxyl groups excluding tert-OH is 1. The number of halogens is 9. The molecule has 0 aliphatic heterocycles. The van der Waals surface area contributed by atoms with Crippen molar-refractivity contribution in [3.8, 4) is 11.5 Å². The maximum Gasteiger partial charge on any atom is 0.424 e. The zero-order chi connectivity index (χ0) is 23.7. The first-order valence-corrected chi connectivity index (χ1v) is 11.1. The molecule has 0 aromatic heterocycles. The highest BCUT2D eigenvalue weighted by atomic mass is 35.5. The van der Waals surface area contributed by atoms with Gasteiger partial charge in [0.1, 0.15) is 16.8 Å². The third kappa shape index (κ3) is 10.2. The van der Waals surface area contributed by atoms with E-state index in [2.05, 4.69) is 0 Å². The number of benzene rings is 1. The largest absolute Gasteiger partial charge is 0.490 e. The number of aliphatic hydroxyl groups is 1. The van der Waals surface area contributed by atoms with Gasteiger partial charge in [0.15, 0.2) is 5.75 Å². The fraction of sp³-hybridized carbons (Fsp3) is 0.556. The summed E-state index contributed by atoms with van der Waals surface area (Å²) >= 11 is 33.6.